The van der Waals surface area contributed by atoms with Gasteiger partial charge in [0.1, 0.15) is 5.69 Å². The predicted molar refractivity (Wildman–Crippen MR) is 95.0 cm³/mol. The van der Waals surface area contributed by atoms with Crippen molar-refractivity contribution < 1.29 is 43.9 Å². The highest BCUT2D eigenvalue weighted by Gasteiger charge is 2.38. The molecule has 1 fully saturated rings. The number of nitrogens with zero attached hydrogens (tertiary/aromatic N) is 3. The Morgan fingerprint density at radius 1 is 0.938 bits per heavy atom. The first kappa shape index (κ1) is 23.6. The summed E-state index contributed by atoms with van der Waals surface area (Å²) in [4.78, 5) is 15.3. The third-order valence-electron chi connectivity index (χ3n) is 4.56. The number of carbonyl (C=O) groups is 1. The molecule has 1 saturated heterocycles. The van der Waals surface area contributed by atoms with E-state index < -0.39 is 61.9 Å². The van der Waals surface area contributed by atoms with E-state index in [9.17, 15) is 43.9 Å². The smallest absolute Gasteiger partial charge is 0.363 e. The quantitative estimate of drug-likeness (QED) is 0.533. The summed E-state index contributed by atoms with van der Waals surface area (Å²) in [5, 5.41) is 0. The zero-order chi connectivity index (χ0) is 23.8. The van der Waals surface area contributed by atoms with Crippen LogP contribution in [0.5, 0.6) is 0 Å². The Morgan fingerprint density at radius 2 is 1.47 bits per heavy atom. The predicted octanol–water partition coefficient (Wildman–Crippen LogP) is 2.88. The van der Waals surface area contributed by atoms with E-state index >= 15 is 0 Å². The van der Waals surface area contributed by atoms with Crippen LogP contribution >= 0.6 is 0 Å². The van der Waals surface area contributed by atoms with E-state index in [1.54, 1.807) is 0 Å². The van der Waals surface area contributed by atoms with Crippen molar-refractivity contribution in [2.24, 2.45) is 0 Å². The SMILES string of the molecule is O=C(NS(=O)(=O)c1ccccc1C(F)(F)F)N1CCN(c2c(F)c(F)nc(F)c2F)CC1. The Bertz CT molecular complexity index is 1120. The van der Waals surface area contributed by atoms with Gasteiger partial charge in [-0.15, -0.1) is 0 Å². The molecule has 1 aliphatic heterocycles. The van der Waals surface area contributed by atoms with Crippen LogP contribution in [0.15, 0.2) is 29.2 Å². The van der Waals surface area contributed by atoms with Gasteiger partial charge in [0.2, 0.25) is 11.6 Å². The topological polar surface area (TPSA) is 82.6 Å². The lowest BCUT2D eigenvalue weighted by Crippen LogP contribution is -2.53. The fourth-order valence-corrected chi connectivity index (χ4v) is 4.26. The van der Waals surface area contributed by atoms with Crippen LogP contribution in [0.2, 0.25) is 0 Å². The molecule has 2 heterocycles. The number of hydrogen-bond acceptors (Lipinski definition) is 5. The number of pyridine rings is 1. The van der Waals surface area contributed by atoms with Gasteiger partial charge in [-0.05, 0) is 12.1 Å². The van der Waals surface area contributed by atoms with Gasteiger partial charge in [-0.3, -0.25) is 0 Å². The summed E-state index contributed by atoms with van der Waals surface area (Å²) >= 11 is 0. The lowest BCUT2D eigenvalue weighted by Gasteiger charge is -2.36. The molecule has 15 heteroatoms. The first-order chi connectivity index (χ1) is 14.8. The van der Waals surface area contributed by atoms with Gasteiger partial charge in [0.25, 0.3) is 21.9 Å². The molecule has 0 unspecified atom stereocenters. The van der Waals surface area contributed by atoms with E-state index in [-0.39, 0.29) is 26.2 Å². The minimum Gasteiger partial charge on any atom is -0.363 e. The zero-order valence-corrected chi connectivity index (χ0v) is 16.6. The van der Waals surface area contributed by atoms with E-state index in [4.69, 9.17) is 0 Å². The molecular weight excluding hydrogens is 473 g/mol. The Labute approximate surface area is 176 Å². The van der Waals surface area contributed by atoms with E-state index in [1.165, 1.54) is 4.72 Å². The fourth-order valence-electron chi connectivity index (χ4n) is 3.06. The maximum absolute atomic E-state index is 13.9. The molecule has 0 atom stereocenters. The number of carbonyl (C=O) groups excluding carboxylic acids is 1. The summed E-state index contributed by atoms with van der Waals surface area (Å²) in [7, 11) is -4.92. The molecule has 0 spiro atoms. The molecule has 1 aromatic heterocycles. The van der Waals surface area contributed by atoms with Gasteiger partial charge in [-0.1, -0.05) is 12.1 Å². The molecule has 0 bridgehead atoms. The molecule has 3 rings (SSSR count). The number of sulfonamides is 1. The molecule has 2 amide bonds. The van der Waals surface area contributed by atoms with Crippen LogP contribution in [-0.4, -0.2) is 50.5 Å². The van der Waals surface area contributed by atoms with E-state index in [1.807, 2.05) is 0 Å². The van der Waals surface area contributed by atoms with E-state index in [2.05, 4.69) is 4.98 Å². The molecule has 7 nitrogen and oxygen atoms in total. The first-order valence-corrected chi connectivity index (χ1v) is 10.2. The number of urea groups is 1. The van der Waals surface area contributed by atoms with Crippen molar-refractivity contribution in [1.82, 2.24) is 14.6 Å². The van der Waals surface area contributed by atoms with Crippen molar-refractivity contribution in [3.63, 3.8) is 0 Å². The lowest BCUT2D eigenvalue weighted by molar-refractivity contribution is -0.139. The van der Waals surface area contributed by atoms with Crippen LogP contribution in [0.3, 0.4) is 0 Å². The number of nitrogens with one attached hydrogen (secondary N) is 1. The number of benzene rings is 1. The summed E-state index contributed by atoms with van der Waals surface area (Å²) in [6, 6.07) is 1.95. The summed E-state index contributed by atoms with van der Waals surface area (Å²) in [5.41, 5.74) is -2.51. The highest BCUT2D eigenvalue weighted by molar-refractivity contribution is 7.90. The summed E-state index contributed by atoms with van der Waals surface area (Å²) in [6.45, 7) is -1.42. The maximum Gasteiger partial charge on any atom is 0.417 e. The van der Waals surface area contributed by atoms with Gasteiger partial charge in [0.15, 0.2) is 0 Å². The van der Waals surface area contributed by atoms with Crippen molar-refractivity contribution >= 4 is 21.7 Å². The number of halogens is 7. The fraction of sp³-hybridized carbons (Fsp3) is 0.294. The summed E-state index contributed by atoms with van der Waals surface area (Å²) in [5.74, 6) is -7.22. The Balaban J connectivity index is 1.74. The Morgan fingerprint density at radius 3 is 2.00 bits per heavy atom. The molecule has 0 saturated carbocycles. The number of anilines is 1. The normalized spacial score (nSPS) is 15.1. The van der Waals surface area contributed by atoms with Crippen molar-refractivity contribution in [1.29, 1.82) is 0 Å². The monoisotopic (exact) mass is 486 g/mol. The minimum absolute atomic E-state index is 0.354. The van der Waals surface area contributed by atoms with Crippen LogP contribution < -0.4 is 9.62 Å². The number of piperazine rings is 1. The van der Waals surface area contributed by atoms with Crippen LogP contribution in [0, 0.1) is 23.5 Å². The van der Waals surface area contributed by atoms with Gasteiger partial charge in [-0.2, -0.15) is 35.7 Å². The van der Waals surface area contributed by atoms with Gasteiger partial charge < -0.3 is 9.80 Å². The third-order valence-corrected chi connectivity index (χ3v) is 5.94. The van der Waals surface area contributed by atoms with Gasteiger partial charge in [0, 0.05) is 26.2 Å². The summed E-state index contributed by atoms with van der Waals surface area (Å²) < 4.78 is 120. The lowest BCUT2D eigenvalue weighted by atomic mass is 10.2. The van der Waals surface area contributed by atoms with Crippen molar-refractivity contribution in [2.75, 3.05) is 31.1 Å². The molecule has 0 radical (unpaired) electrons. The molecule has 0 aliphatic carbocycles. The van der Waals surface area contributed by atoms with Crippen molar-refractivity contribution in [2.45, 2.75) is 11.1 Å². The highest BCUT2D eigenvalue weighted by Crippen LogP contribution is 2.34. The average Bonchev–Trinajstić information content (AvgIpc) is 2.72. The van der Waals surface area contributed by atoms with Crippen LogP contribution in [0.25, 0.3) is 0 Å². The maximum atomic E-state index is 13.9. The second-order valence-corrected chi connectivity index (χ2v) is 8.20. The van der Waals surface area contributed by atoms with Crippen LogP contribution in [-0.2, 0) is 16.2 Å². The largest absolute Gasteiger partial charge is 0.417 e. The van der Waals surface area contributed by atoms with Crippen LogP contribution in [0.4, 0.5) is 41.2 Å². The number of alkyl halides is 3. The third kappa shape index (κ3) is 4.56. The Hall–Kier alpha value is -3.10. The molecule has 1 N–H and O–H groups in total. The standard InChI is InChI=1S/C17H13F7N4O3S/c18-11-13(12(19)15(21)25-14(11)20)27-5-7-28(8-6-27)16(29)26-32(30,31)10-4-2-1-3-9(10)17(22,23)24/h1-4H,5-8H2,(H,26,29). The van der Waals surface area contributed by atoms with Crippen molar-refractivity contribution in [3.05, 3.63) is 53.4 Å². The first-order valence-electron chi connectivity index (χ1n) is 8.76. The average molecular weight is 486 g/mol. The van der Waals surface area contributed by atoms with E-state index in [0.29, 0.717) is 12.1 Å². The second-order valence-electron chi connectivity index (χ2n) is 6.55. The highest BCUT2D eigenvalue weighted by atomic mass is 32.2. The van der Waals surface area contributed by atoms with Crippen molar-refractivity contribution in [3.8, 4) is 0 Å². The molecule has 2 aromatic rings. The Kier molecular flexibility index (Phi) is 6.22. The molecule has 174 valence electrons. The summed E-state index contributed by atoms with van der Waals surface area (Å²) in [6.07, 6.45) is -5.00. The van der Waals surface area contributed by atoms with Gasteiger partial charge >= 0.3 is 12.2 Å². The van der Waals surface area contributed by atoms with Gasteiger partial charge in [0.05, 0.1) is 10.5 Å². The van der Waals surface area contributed by atoms with Crippen LogP contribution in [0.1, 0.15) is 5.56 Å². The van der Waals surface area contributed by atoms with E-state index in [0.717, 1.165) is 21.9 Å². The number of amides is 2. The number of aromatic nitrogens is 1. The zero-order valence-electron chi connectivity index (χ0n) is 15.8. The second kappa shape index (κ2) is 8.44. The number of rotatable bonds is 3. The molecule has 1 aromatic carbocycles. The van der Waals surface area contributed by atoms with Gasteiger partial charge in [-0.25, -0.2) is 17.9 Å². The minimum atomic E-state index is -5.00. The molecular formula is C17H13F7N4O3S. The molecule has 32 heavy (non-hydrogen) atoms. The molecule has 1 aliphatic rings. The number of hydrogen-bond donors (Lipinski definition) is 1.